The third-order valence-electron chi connectivity index (χ3n) is 12.8. The Morgan fingerprint density at radius 1 is 0.266 bits per heavy atom. The molecule has 0 bridgehead atoms. The normalized spacial score (nSPS) is 11.4. The number of hydrogen-bond acceptors (Lipinski definition) is 1. The minimum atomic E-state index is 1.07. The van der Waals surface area contributed by atoms with Crippen LogP contribution in [0, 0.1) is 0 Å². The molecule has 0 atom stereocenters. The first-order valence-electron chi connectivity index (χ1n) is 22.0. The van der Waals surface area contributed by atoms with Crippen LogP contribution < -0.4 is 4.90 Å². The summed E-state index contributed by atoms with van der Waals surface area (Å²) in [4.78, 5) is 2.46. The Hall–Kier alpha value is -8.46. The molecule has 12 aromatic rings. The minimum Gasteiger partial charge on any atom is -0.310 e. The molecule has 0 amide bonds. The van der Waals surface area contributed by atoms with E-state index in [-0.39, 0.29) is 0 Å². The van der Waals surface area contributed by atoms with Gasteiger partial charge in [-0.3, -0.25) is 0 Å². The van der Waals surface area contributed by atoms with E-state index in [1.165, 1.54) is 71.2 Å². The lowest BCUT2D eigenvalue weighted by molar-refractivity contribution is 1.18. The SMILES string of the molecule is c1ccc(-c2ccc(-c3ccccc3N(c3ccc(-c4ccc5ccccc5c4)c(-c4ccc5ccccc5c4)c3)c3ccc4c5ccccc5n(-c5ccccc5)c4c3)cc2)cc1. The molecule has 0 spiro atoms. The van der Waals surface area contributed by atoms with Gasteiger partial charge in [0.1, 0.15) is 0 Å². The maximum atomic E-state index is 2.46. The fourth-order valence-corrected chi connectivity index (χ4v) is 9.64. The molecule has 0 aliphatic rings. The van der Waals surface area contributed by atoms with Gasteiger partial charge in [0, 0.05) is 33.4 Å². The van der Waals surface area contributed by atoms with E-state index in [2.05, 4.69) is 264 Å². The first-order valence-corrected chi connectivity index (χ1v) is 22.0. The second-order valence-electron chi connectivity index (χ2n) is 16.5. The molecule has 1 aromatic heterocycles. The molecular formula is C62H42N2. The summed E-state index contributed by atoms with van der Waals surface area (Å²) in [5, 5.41) is 7.36. The highest BCUT2D eigenvalue weighted by atomic mass is 15.1. The summed E-state index contributed by atoms with van der Waals surface area (Å²) in [5.74, 6) is 0. The summed E-state index contributed by atoms with van der Waals surface area (Å²) in [6.45, 7) is 0. The van der Waals surface area contributed by atoms with Crippen molar-refractivity contribution in [3.8, 4) is 50.2 Å². The number of para-hydroxylation sites is 3. The average molecular weight is 815 g/mol. The van der Waals surface area contributed by atoms with Crippen molar-refractivity contribution in [2.24, 2.45) is 0 Å². The average Bonchev–Trinajstić information content (AvgIpc) is 3.70. The fourth-order valence-electron chi connectivity index (χ4n) is 9.64. The quantitative estimate of drug-likeness (QED) is 0.148. The van der Waals surface area contributed by atoms with E-state index in [0.29, 0.717) is 0 Å². The van der Waals surface area contributed by atoms with Gasteiger partial charge in [-0.2, -0.15) is 0 Å². The zero-order valence-electron chi connectivity index (χ0n) is 35.1. The lowest BCUT2D eigenvalue weighted by atomic mass is 9.91. The molecule has 0 radical (unpaired) electrons. The standard InChI is InChI=1S/C62H42N2/c1-3-15-43(16-4-1)46-27-31-47(32-28-46)56-23-11-13-25-60(56)63(54-36-38-58-57-24-12-14-26-61(57)64(62(58)42-54)52-21-5-2-6-22-52)53-35-37-55(50-33-29-44-17-7-9-19-48(44)39-50)59(41-53)51-34-30-45-18-8-10-20-49(45)40-51/h1-42H. The van der Waals surface area contributed by atoms with Crippen molar-refractivity contribution in [2.75, 3.05) is 4.90 Å². The van der Waals surface area contributed by atoms with E-state index >= 15 is 0 Å². The van der Waals surface area contributed by atoms with Crippen molar-refractivity contribution >= 4 is 60.4 Å². The van der Waals surface area contributed by atoms with Gasteiger partial charge in [0.15, 0.2) is 0 Å². The van der Waals surface area contributed by atoms with E-state index in [0.717, 1.165) is 39.4 Å². The van der Waals surface area contributed by atoms with E-state index in [1.807, 2.05) is 0 Å². The fraction of sp³-hybridized carbons (Fsp3) is 0. The van der Waals surface area contributed by atoms with Gasteiger partial charge in [0.05, 0.1) is 16.7 Å². The van der Waals surface area contributed by atoms with Crippen molar-refractivity contribution in [2.45, 2.75) is 0 Å². The van der Waals surface area contributed by atoms with E-state index in [1.54, 1.807) is 0 Å². The molecule has 2 heteroatoms. The highest BCUT2D eigenvalue weighted by molar-refractivity contribution is 6.10. The molecular weight excluding hydrogens is 773 g/mol. The van der Waals surface area contributed by atoms with Crippen molar-refractivity contribution in [3.05, 3.63) is 255 Å². The van der Waals surface area contributed by atoms with Crippen molar-refractivity contribution in [1.82, 2.24) is 4.57 Å². The summed E-state index contributed by atoms with van der Waals surface area (Å²) < 4.78 is 2.41. The van der Waals surface area contributed by atoms with E-state index < -0.39 is 0 Å². The molecule has 0 aliphatic heterocycles. The first kappa shape index (κ1) is 37.3. The van der Waals surface area contributed by atoms with Gasteiger partial charge >= 0.3 is 0 Å². The first-order chi connectivity index (χ1) is 31.7. The van der Waals surface area contributed by atoms with Gasteiger partial charge < -0.3 is 9.47 Å². The minimum absolute atomic E-state index is 1.07. The highest BCUT2D eigenvalue weighted by Crippen LogP contribution is 2.46. The number of aromatic nitrogens is 1. The second-order valence-corrected chi connectivity index (χ2v) is 16.5. The summed E-state index contributed by atoms with van der Waals surface area (Å²) in [6, 6.07) is 93.0. The topological polar surface area (TPSA) is 8.17 Å². The number of fused-ring (bicyclic) bond motifs is 5. The third-order valence-corrected chi connectivity index (χ3v) is 12.8. The maximum absolute atomic E-state index is 2.46. The van der Waals surface area contributed by atoms with Gasteiger partial charge in [0.2, 0.25) is 0 Å². The highest BCUT2D eigenvalue weighted by Gasteiger charge is 2.22. The number of rotatable bonds is 8. The molecule has 0 fully saturated rings. The monoisotopic (exact) mass is 814 g/mol. The van der Waals surface area contributed by atoms with Crippen LogP contribution in [-0.4, -0.2) is 4.57 Å². The molecule has 12 rings (SSSR count). The molecule has 0 N–H and O–H groups in total. The largest absolute Gasteiger partial charge is 0.310 e. The smallest absolute Gasteiger partial charge is 0.0561 e. The van der Waals surface area contributed by atoms with Gasteiger partial charge in [0.25, 0.3) is 0 Å². The van der Waals surface area contributed by atoms with Crippen LogP contribution in [0.1, 0.15) is 0 Å². The van der Waals surface area contributed by atoms with Crippen LogP contribution in [0.25, 0.3) is 93.5 Å². The molecule has 0 saturated carbocycles. The lowest BCUT2D eigenvalue weighted by Gasteiger charge is -2.29. The summed E-state index contributed by atoms with van der Waals surface area (Å²) in [7, 11) is 0. The molecule has 64 heavy (non-hydrogen) atoms. The van der Waals surface area contributed by atoms with Gasteiger partial charge in [-0.15, -0.1) is 0 Å². The van der Waals surface area contributed by atoms with Crippen molar-refractivity contribution in [1.29, 1.82) is 0 Å². The maximum Gasteiger partial charge on any atom is 0.0561 e. The third kappa shape index (κ3) is 6.61. The Bertz CT molecular complexity index is 3660. The van der Waals surface area contributed by atoms with Crippen molar-refractivity contribution < 1.29 is 0 Å². The summed E-state index contributed by atoms with van der Waals surface area (Å²) in [6.07, 6.45) is 0. The van der Waals surface area contributed by atoms with Gasteiger partial charge in [-0.1, -0.05) is 194 Å². The van der Waals surface area contributed by atoms with Crippen LogP contribution >= 0.6 is 0 Å². The van der Waals surface area contributed by atoms with Crippen LogP contribution in [0.4, 0.5) is 17.1 Å². The molecule has 0 unspecified atom stereocenters. The number of nitrogens with zero attached hydrogens (tertiary/aromatic N) is 2. The Morgan fingerprint density at radius 2 is 0.781 bits per heavy atom. The molecule has 0 aliphatic carbocycles. The van der Waals surface area contributed by atoms with Gasteiger partial charge in [-0.25, -0.2) is 0 Å². The van der Waals surface area contributed by atoms with Gasteiger partial charge in [-0.05, 0) is 121 Å². The number of anilines is 3. The Balaban J connectivity index is 1.11. The predicted molar refractivity (Wildman–Crippen MR) is 272 cm³/mol. The summed E-state index contributed by atoms with van der Waals surface area (Å²) in [5.41, 5.74) is 16.1. The zero-order chi connectivity index (χ0) is 42.4. The molecule has 11 aromatic carbocycles. The van der Waals surface area contributed by atoms with Crippen LogP contribution in [0.3, 0.4) is 0 Å². The van der Waals surface area contributed by atoms with E-state index in [4.69, 9.17) is 0 Å². The zero-order valence-corrected chi connectivity index (χ0v) is 35.1. The van der Waals surface area contributed by atoms with Crippen molar-refractivity contribution in [3.63, 3.8) is 0 Å². The Morgan fingerprint density at radius 3 is 1.52 bits per heavy atom. The van der Waals surface area contributed by atoms with Crippen LogP contribution in [0.2, 0.25) is 0 Å². The molecule has 1 heterocycles. The number of benzene rings is 11. The molecule has 2 nitrogen and oxygen atoms in total. The summed E-state index contributed by atoms with van der Waals surface area (Å²) >= 11 is 0. The second kappa shape index (κ2) is 15.8. The van der Waals surface area contributed by atoms with Crippen LogP contribution in [0.15, 0.2) is 255 Å². The number of hydrogen-bond donors (Lipinski definition) is 0. The predicted octanol–water partition coefficient (Wildman–Crippen LogP) is 17.2. The Kier molecular flexibility index (Phi) is 9.20. The lowest BCUT2D eigenvalue weighted by Crippen LogP contribution is -2.12. The van der Waals surface area contributed by atoms with E-state index in [9.17, 15) is 0 Å². The Labute approximate surface area is 373 Å². The molecule has 300 valence electrons. The van der Waals surface area contributed by atoms with Crippen LogP contribution in [0.5, 0.6) is 0 Å². The van der Waals surface area contributed by atoms with Crippen LogP contribution in [-0.2, 0) is 0 Å². The molecule has 0 saturated heterocycles.